The van der Waals surface area contributed by atoms with Crippen LogP contribution in [0.25, 0.3) is 0 Å². The third-order valence-corrected chi connectivity index (χ3v) is 8.81. The Hall–Kier alpha value is -0.690. The lowest BCUT2D eigenvalue weighted by molar-refractivity contribution is -0.121. The number of carbonyl (C=O) groups is 1. The van der Waals surface area contributed by atoms with Crippen molar-refractivity contribution in [2.45, 2.75) is 175 Å². The van der Waals surface area contributed by atoms with Crippen LogP contribution in [0.15, 0.2) is 0 Å². The van der Waals surface area contributed by atoms with Gasteiger partial charge in [0.25, 0.3) is 0 Å². The molecule has 0 aliphatic rings. The molecular formula is C38H81N5O. The number of carbonyl (C=O) groups excluding carboxylic acids is 1. The van der Waals surface area contributed by atoms with Crippen molar-refractivity contribution in [1.29, 1.82) is 0 Å². The molecule has 0 unspecified atom stereocenters. The second kappa shape index (κ2) is 38.5. The minimum Gasteiger partial charge on any atom is -0.356 e. The maximum Gasteiger partial charge on any atom is 0.219 e. The molecule has 0 rings (SSSR count). The summed E-state index contributed by atoms with van der Waals surface area (Å²) in [6.07, 6.45) is 30.3. The van der Waals surface area contributed by atoms with Crippen LogP contribution >= 0.6 is 0 Å². The van der Waals surface area contributed by atoms with Crippen molar-refractivity contribution in [3.8, 4) is 0 Å². The molecule has 6 nitrogen and oxygen atoms in total. The molecule has 0 spiro atoms. The third kappa shape index (κ3) is 35.8. The van der Waals surface area contributed by atoms with Gasteiger partial charge in [0.1, 0.15) is 0 Å². The van der Waals surface area contributed by atoms with Crippen molar-refractivity contribution in [1.82, 2.24) is 26.6 Å². The summed E-state index contributed by atoms with van der Waals surface area (Å²) in [5.41, 5.74) is 0. The Kier molecular flexibility index (Phi) is 37.9. The second-order valence-corrected chi connectivity index (χ2v) is 13.4. The fourth-order valence-corrected chi connectivity index (χ4v) is 5.74. The van der Waals surface area contributed by atoms with Crippen molar-refractivity contribution in [3.63, 3.8) is 0 Å². The lowest BCUT2D eigenvalue weighted by Gasteiger charge is -2.19. The molecule has 0 bridgehead atoms. The van der Waals surface area contributed by atoms with Gasteiger partial charge in [-0.2, -0.15) is 0 Å². The van der Waals surface area contributed by atoms with Crippen molar-refractivity contribution >= 4 is 5.91 Å². The average Bonchev–Trinajstić information content (AvgIpc) is 3.03. The van der Waals surface area contributed by atoms with Crippen molar-refractivity contribution < 1.29 is 4.79 Å². The van der Waals surface area contributed by atoms with E-state index in [-0.39, 0.29) is 5.91 Å². The normalized spacial score (nSPS) is 11.5. The van der Waals surface area contributed by atoms with E-state index in [0.717, 1.165) is 71.7 Å². The summed E-state index contributed by atoms with van der Waals surface area (Å²) >= 11 is 0. The fraction of sp³-hybridized carbons (Fsp3) is 0.974. The summed E-state index contributed by atoms with van der Waals surface area (Å²) in [4.78, 5) is 12.2. The lowest BCUT2D eigenvalue weighted by atomic mass is 10.00. The molecule has 264 valence electrons. The summed E-state index contributed by atoms with van der Waals surface area (Å²) in [5.74, 6) is 0.969. The first-order valence-corrected chi connectivity index (χ1v) is 19.8. The summed E-state index contributed by atoms with van der Waals surface area (Å²) in [6.45, 7) is 16.8. The number of hydrogen-bond donors (Lipinski definition) is 5. The molecule has 44 heavy (non-hydrogen) atoms. The minimum absolute atomic E-state index is 0.259. The van der Waals surface area contributed by atoms with Crippen LogP contribution in [0.5, 0.6) is 0 Å². The zero-order valence-corrected chi connectivity index (χ0v) is 30.3. The number of unbranched alkanes of at least 4 members (excludes halogenated alkanes) is 16. The van der Waals surface area contributed by atoms with Gasteiger partial charge in [0.05, 0.1) is 0 Å². The van der Waals surface area contributed by atoms with Crippen molar-refractivity contribution in [2.75, 3.05) is 58.9 Å². The van der Waals surface area contributed by atoms with Crippen LogP contribution in [0.1, 0.15) is 175 Å². The molecule has 0 aromatic rings. The average molecular weight is 624 g/mol. The van der Waals surface area contributed by atoms with Gasteiger partial charge in [0.15, 0.2) is 0 Å². The Labute approximate surface area is 276 Å². The summed E-state index contributed by atoms with van der Waals surface area (Å²) in [7, 11) is 0. The maximum absolute atomic E-state index is 12.2. The number of rotatable bonds is 38. The van der Waals surface area contributed by atoms with Crippen molar-refractivity contribution in [3.05, 3.63) is 0 Å². The predicted molar refractivity (Wildman–Crippen MR) is 196 cm³/mol. The van der Waals surface area contributed by atoms with Gasteiger partial charge in [-0.25, -0.2) is 0 Å². The Bertz CT molecular complexity index is 525. The third-order valence-electron chi connectivity index (χ3n) is 8.81. The number of amides is 1. The van der Waals surface area contributed by atoms with E-state index in [2.05, 4.69) is 47.4 Å². The molecule has 0 aliphatic heterocycles. The van der Waals surface area contributed by atoms with E-state index in [9.17, 15) is 4.79 Å². The molecule has 0 aromatic heterocycles. The standard InChI is InChI=1S/C38H81N5O/c1-4-7-10-11-12-13-14-15-16-20-27-38(44)43-34-21-18-17-19-26-37(35-41-32-24-22-30-39-28-8-5-2)36-42-33-25-23-31-40-29-9-6-3/h37,39-42H,4-36H2,1-3H3,(H,43,44). The Morgan fingerprint density at radius 1 is 0.409 bits per heavy atom. The van der Waals surface area contributed by atoms with E-state index in [4.69, 9.17) is 0 Å². The molecule has 0 aliphatic carbocycles. The zero-order chi connectivity index (χ0) is 32.0. The predicted octanol–water partition coefficient (Wildman–Crippen LogP) is 8.50. The Morgan fingerprint density at radius 3 is 1.32 bits per heavy atom. The van der Waals surface area contributed by atoms with E-state index < -0.39 is 0 Å². The number of hydrogen-bond acceptors (Lipinski definition) is 5. The molecule has 0 aromatic carbocycles. The fourth-order valence-electron chi connectivity index (χ4n) is 5.74. The van der Waals surface area contributed by atoms with Gasteiger partial charge in [0, 0.05) is 13.0 Å². The Balaban J connectivity index is 3.88. The summed E-state index contributed by atoms with van der Waals surface area (Å²) < 4.78 is 0. The Morgan fingerprint density at radius 2 is 0.795 bits per heavy atom. The first kappa shape index (κ1) is 43.3. The van der Waals surface area contributed by atoms with Crippen LogP contribution in [0, 0.1) is 5.92 Å². The quantitative estimate of drug-likeness (QED) is 0.0446. The van der Waals surface area contributed by atoms with Gasteiger partial charge in [-0.1, -0.05) is 111 Å². The van der Waals surface area contributed by atoms with Gasteiger partial charge in [-0.15, -0.1) is 0 Å². The molecule has 5 N–H and O–H groups in total. The van der Waals surface area contributed by atoms with Crippen molar-refractivity contribution in [2.24, 2.45) is 5.92 Å². The SMILES string of the molecule is CCCCCCCCCCCCC(=O)NCCCCCCC(CNCCCCNCCCC)CNCCCCNCCCC. The van der Waals surface area contributed by atoms with E-state index in [1.165, 1.54) is 135 Å². The topological polar surface area (TPSA) is 77.2 Å². The smallest absolute Gasteiger partial charge is 0.219 e. The van der Waals surface area contributed by atoms with Crippen LogP contribution in [0.2, 0.25) is 0 Å². The first-order valence-electron chi connectivity index (χ1n) is 19.8. The zero-order valence-electron chi connectivity index (χ0n) is 30.3. The van der Waals surface area contributed by atoms with Gasteiger partial charge >= 0.3 is 0 Å². The highest BCUT2D eigenvalue weighted by molar-refractivity contribution is 5.75. The minimum atomic E-state index is 0.259. The maximum atomic E-state index is 12.2. The molecule has 1 amide bonds. The van der Waals surface area contributed by atoms with Gasteiger partial charge in [0.2, 0.25) is 5.91 Å². The molecule has 0 radical (unpaired) electrons. The number of nitrogens with one attached hydrogen (secondary N) is 5. The second-order valence-electron chi connectivity index (χ2n) is 13.4. The molecule has 0 fully saturated rings. The van der Waals surface area contributed by atoms with Gasteiger partial charge < -0.3 is 26.6 Å². The van der Waals surface area contributed by atoms with E-state index in [1.54, 1.807) is 0 Å². The lowest BCUT2D eigenvalue weighted by Crippen LogP contribution is -2.32. The molecule has 6 heteroatoms. The van der Waals surface area contributed by atoms with E-state index >= 15 is 0 Å². The molecular weight excluding hydrogens is 542 g/mol. The molecule has 0 saturated carbocycles. The molecule has 0 saturated heterocycles. The highest BCUT2D eigenvalue weighted by Gasteiger charge is 2.08. The van der Waals surface area contributed by atoms with Crippen LogP contribution in [-0.4, -0.2) is 64.8 Å². The monoisotopic (exact) mass is 624 g/mol. The summed E-state index contributed by atoms with van der Waals surface area (Å²) in [5, 5.41) is 17.8. The highest BCUT2D eigenvalue weighted by Crippen LogP contribution is 2.12. The molecule has 0 atom stereocenters. The van der Waals surface area contributed by atoms with Crippen LogP contribution in [-0.2, 0) is 4.79 Å². The van der Waals surface area contributed by atoms with Crippen LogP contribution < -0.4 is 26.6 Å². The molecule has 0 heterocycles. The van der Waals surface area contributed by atoms with Gasteiger partial charge in [-0.05, 0) is 116 Å². The van der Waals surface area contributed by atoms with Gasteiger partial charge in [-0.3, -0.25) is 4.79 Å². The van der Waals surface area contributed by atoms with Crippen LogP contribution in [0.4, 0.5) is 0 Å². The largest absolute Gasteiger partial charge is 0.356 e. The van der Waals surface area contributed by atoms with E-state index in [1.807, 2.05) is 0 Å². The first-order chi connectivity index (χ1) is 21.7. The van der Waals surface area contributed by atoms with E-state index in [0.29, 0.717) is 12.3 Å². The summed E-state index contributed by atoms with van der Waals surface area (Å²) in [6, 6.07) is 0. The van der Waals surface area contributed by atoms with Crippen LogP contribution in [0.3, 0.4) is 0 Å². The highest BCUT2D eigenvalue weighted by atomic mass is 16.1.